The Bertz CT molecular complexity index is 357. The van der Waals surface area contributed by atoms with E-state index in [0.717, 1.165) is 12.8 Å². The number of hydrogen-bond donors (Lipinski definition) is 2. The minimum Gasteiger partial charge on any atom is -0.481 e. The molecule has 1 aliphatic rings. The van der Waals surface area contributed by atoms with E-state index < -0.39 is 11.9 Å². The molecule has 1 fully saturated rings. The van der Waals surface area contributed by atoms with Crippen molar-refractivity contribution in [3.63, 3.8) is 0 Å². The average molecular weight is 251 g/mol. The molecule has 0 bridgehead atoms. The van der Waals surface area contributed by atoms with Crippen molar-refractivity contribution in [2.24, 2.45) is 17.8 Å². The van der Waals surface area contributed by atoms with Crippen LogP contribution in [0.1, 0.15) is 39.5 Å². The van der Waals surface area contributed by atoms with E-state index in [1.165, 1.54) is 0 Å². The summed E-state index contributed by atoms with van der Waals surface area (Å²) in [5.41, 5.74) is 0. The standard InChI is InChI=1S/C14H21NO3/c1-4-12(9(2)3)15-13(16)10-6-5-7-11(8-10)14(17)18/h1,9-12H,5-8H2,2-3H3,(H,15,16)(H,17,18). The van der Waals surface area contributed by atoms with Crippen LogP contribution in [-0.4, -0.2) is 23.0 Å². The van der Waals surface area contributed by atoms with Crippen LogP contribution < -0.4 is 5.32 Å². The van der Waals surface area contributed by atoms with Crippen molar-refractivity contribution in [2.75, 3.05) is 0 Å². The second-order valence-electron chi connectivity index (χ2n) is 5.30. The molecule has 100 valence electrons. The van der Waals surface area contributed by atoms with Gasteiger partial charge in [0.1, 0.15) is 0 Å². The predicted octanol–water partition coefficient (Wildman–Crippen LogP) is 1.65. The normalized spacial score (nSPS) is 25.2. The maximum absolute atomic E-state index is 12.0. The molecule has 4 heteroatoms. The average Bonchev–Trinajstić information content (AvgIpc) is 2.35. The van der Waals surface area contributed by atoms with E-state index in [1.807, 2.05) is 13.8 Å². The molecule has 4 nitrogen and oxygen atoms in total. The van der Waals surface area contributed by atoms with Crippen LogP contribution in [-0.2, 0) is 9.59 Å². The third kappa shape index (κ3) is 3.76. The van der Waals surface area contributed by atoms with Gasteiger partial charge in [-0.25, -0.2) is 0 Å². The van der Waals surface area contributed by atoms with E-state index in [9.17, 15) is 9.59 Å². The molecule has 0 radical (unpaired) electrons. The van der Waals surface area contributed by atoms with Crippen molar-refractivity contribution in [1.82, 2.24) is 5.32 Å². The number of carboxylic acids is 1. The van der Waals surface area contributed by atoms with Crippen LogP contribution in [0.4, 0.5) is 0 Å². The molecule has 3 atom stereocenters. The Morgan fingerprint density at radius 3 is 2.44 bits per heavy atom. The number of hydrogen-bond acceptors (Lipinski definition) is 2. The molecule has 1 amide bonds. The van der Waals surface area contributed by atoms with Gasteiger partial charge in [-0.3, -0.25) is 9.59 Å². The van der Waals surface area contributed by atoms with Gasteiger partial charge >= 0.3 is 5.97 Å². The quantitative estimate of drug-likeness (QED) is 0.747. The molecule has 0 aliphatic heterocycles. The monoisotopic (exact) mass is 251 g/mol. The predicted molar refractivity (Wildman–Crippen MR) is 68.7 cm³/mol. The van der Waals surface area contributed by atoms with Crippen LogP contribution in [0.15, 0.2) is 0 Å². The Morgan fingerprint density at radius 1 is 1.33 bits per heavy atom. The zero-order chi connectivity index (χ0) is 13.7. The highest BCUT2D eigenvalue weighted by molar-refractivity contribution is 5.80. The molecule has 1 rings (SSSR count). The molecule has 0 aromatic carbocycles. The molecule has 0 spiro atoms. The van der Waals surface area contributed by atoms with Crippen molar-refractivity contribution in [2.45, 2.75) is 45.6 Å². The van der Waals surface area contributed by atoms with Gasteiger partial charge < -0.3 is 10.4 Å². The summed E-state index contributed by atoms with van der Waals surface area (Å²) in [4.78, 5) is 23.0. The van der Waals surface area contributed by atoms with Gasteiger partial charge in [0.25, 0.3) is 0 Å². The number of carbonyl (C=O) groups is 2. The molecule has 1 saturated carbocycles. The van der Waals surface area contributed by atoms with E-state index in [1.54, 1.807) is 0 Å². The molecule has 3 unspecified atom stereocenters. The summed E-state index contributed by atoms with van der Waals surface area (Å²) in [6, 6.07) is -0.275. The summed E-state index contributed by atoms with van der Waals surface area (Å²) in [5, 5.41) is 11.8. The van der Waals surface area contributed by atoms with Crippen LogP contribution >= 0.6 is 0 Å². The Hall–Kier alpha value is -1.50. The van der Waals surface area contributed by atoms with Crippen molar-refractivity contribution >= 4 is 11.9 Å². The molecular weight excluding hydrogens is 230 g/mol. The SMILES string of the molecule is C#CC(NC(=O)C1CCCC(C(=O)O)C1)C(C)C. The fraction of sp³-hybridized carbons (Fsp3) is 0.714. The van der Waals surface area contributed by atoms with Gasteiger partial charge in [0.2, 0.25) is 5.91 Å². The summed E-state index contributed by atoms with van der Waals surface area (Å²) in [6.45, 7) is 3.90. The van der Waals surface area contributed by atoms with Crippen LogP contribution in [0.25, 0.3) is 0 Å². The minimum absolute atomic E-state index is 0.0994. The van der Waals surface area contributed by atoms with Gasteiger partial charge in [0.05, 0.1) is 12.0 Å². The van der Waals surface area contributed by atoms with Gasteiger partial charge in [0.15, 0.2) is 0 Å². The van der Waals surface area contributed by atoms with Crippen LogP contribution in [0.3, 0.4) is 0 Å². The molecule has 0 heterocycles. The first-order valence-corrected chi connectivity index (χ1v) is 6.45. The fourth-order valence-corrected chi connectivity index (χ4v) is 2.32. The summed E-state index contributed by atoms with van der Waals surface area (Å²) in [7, 11) is 0. The number of terminal acetylenes is 1. The lowest BCUT2D eigenvalue weighted by Crippen LogP contribution is -2.42. The minimum atomic E-state index is -0.801. The smallest absolute Gasteiger partial charge is 0.306 e. The number of amides is 1. The number of carboxylic acid groups (broad SMARTS) is 1. The third-order valence-electron chi connectivity index (χ3n) is 3.54. The van der Waals surface area contributed by atoms with Gasteiger partial charge in [-0.15, -0.1) is 6.42 Å². The summed E-state index contributed by atoms with van der Waals surface area (Å²) < 4.78 is 0. The Labute approximate surface area is 108 Å². The van der Waals surface area contributed by atoms with Gasteiger partial charge in [-0.1, -0.05) is 26.2 Å². The third-order valence-corrected chi connectivity index (χ3v) is 3.54. The topological polar surface area (TPSA) is 66.4 Å². The lowest BCUT2D eigenvalue weighted by molar-refractivity contribution is -0.144. The second kappa shape index (κ2) is 6.44. The lowest BCUT2D eigenvalue weighted by Gasteiger charge is -2.27. The molecule has 0 saturated heterocycles. The van der Waals surface area contributed by atoms with Crippen molar-refractivity contribution in [1.29, 1.82) is 0 Å². The Morgan fingerprint density at radius 2 is 1.94 bits per heavy atom. The van der Waals surface area contributed by atoms with Gasteiger partial charge in [-0.2, -0.15) is 0 Å². The largest absolute Gasteiger partial charge is 0.481 e. The van der Waals surface area contributed by atoms with Crippen LogP contribution in [0.5, 0.6) is 0 Å². The molecule has 2 N–H and O–H groups in total. The van der Waals surface area contributed by atoms with Crippen LogP contribution in [0.2, 0.25) is 0 Å². The summed E-state index contributed by atoms with van der Waals surface area (Å²) in [6.07, 6.45) is 8.01. The lowest BCUT2D eigenvalue weighted by atomic mass is 9.81. The van der Waals surface area contributed by atoms with Crippen molar-refractivity contribution in [3.8, 4) is 12.3 Å². The zero-order valence-corrected chi connectivity index (χ0v) is 11.0. The van der Waals surface area contributed by atoms with E-state index in [-0.39, 0.29) is 23.8 Å². The van der Waals surface area contributed by atoms with Crippen molar-refractivity contribution in [3.05, 3.63) is 0 Å². The summed E-state index contributed by atoms with van der Waals surface area (Å²) >= 11 is 0. The Kier molecular flexibility index (Phi) is 5.21. The molecule has 1 aliphatic carbocycles. The number of carbonyl (C=O) groups excluding carboxylic acids is 1. The summed E-state index contributed by atoms with van der Waals surface area (Å²) in [5.74, 6) is 1.23. The van der Waals surface area contributed by atoms with Gasteiger partial charge in [0, 0.05) is 5.92 Å². The molecule has 0 aromatic heterocycles. The second-order valence-corrected chi connectivity index (χ2v) is 5.30. The maximum Gasteiger partial charge on any atom is 0.306 e. The van der Waals surface area contributed by atoms with E-state index in [0.29, 0.717) is 12.8 Å². The number of aliphatic carboxylic acids is 1. The first-order chi connectivity index (χ1) is 8.45. The number of rotatable bonds is 4. The Balaban J connectivity index is 2.56. The number of nitrogens with one attached hydrogen (secondary N) is 1. The highest BCUT2D eigenvalue weighted by atomic mass is 16.4. The highest BCUT2D eigenvalue weighted by Gasteiger charge is 2.31. The van der Waals surface area contributed by atoms with Crippen molar-refractivity contribution < 1.29 is 14.7 Å². The molecule has 0 aromatic rings. The van der Waals surface area contributed by atoms with E-state index in [2.05, 4.69) is 11.2 Å². The first-order valence-electron chi connectivity index (χ1n) is 6.45. The maximum atomic E-state index is 12.0. The fourth-order valence-electron chi connectivity index (χ4n) is 2.32. The van der Waals surface area contributed by atoms with E-state index in [4.69, 9.17) is 11.5 Å². The zero-order valence-electron chi connectivity index (χ0n) is 11.0. The molecule has 18 heavy (non-hydrogen) atoms. The van der Waals surface area contributed by atoms with Crippen LogP contribution in [0, 0.1) is 30.1 Å². The first kappa shape index (κ1) is 14.6. The highest BCUT2D eigenvalue weighted by Crippen LogP contribution is 2.29. The van der Waals surface area contributed by atoms with E-state index >= 15 is 0 Å². The molecular formula is C14H21NO3. The van der Waals surface area contributed by atoms with Gasteiger partial charge in [-0.05, 0) is 25.2 Å².